The Morgan fingerprint density at radius 1 is 0.413 bits per heavy atom. The van der Waals surface area contributed by atoms with Crippen LogP contribution in [0.4, 0.5) is 0 Å². The molecule has 0 rings (SSSR count). The number of unbranched alkanes of at least 4 members (excludes halogenated alkanes) is 27. The zero-order valence-corrected chi connectivity index (χ0v) is 49.2. The summed E-state index contributed by atoms with van der Waals surface area (Å²) in [7, 11) is 5.97. The van der Waals surface area contributed by atoms with Gasteiger partial charge in [-0.15, -0.1) is 0 Å². The molecule has 75 heavy (non-hydrogen) atoms. The number of carboxylic acids is 1. The minimum absolute atomic E-state index is 0.183. The van der Waals surface area contributed by atoms with E-state index in [2.05, 4.69) is 98.9 Å². The average molecular weight is 1050 g/mol. The van der Waals surface area contributed by atoms with Crippen molar-refractivity contribution in [2.75, 3.05) is 47.5 Å². The van der Waals surface area contributed by atoms with E-state index in [9.17, 15) is 19.5 Å². The van der Waals surface area contributed by atoms with Crippen molar-refractivity contribution in [1.29, 1.82) is 0 Å². The highest BCUT2D eigenvalue weighted by Crippen LogP contribution is 2.16. The van der Waals surface area contributed by atoms with Gasteiger partial charge in [-0.3, -0.25) is 9.59 Å². The standard InChI is InChI=1S/C66H115NO8/c1-6-8-10-12-14-16-18-20-22-24-26-28-29-30-31-32-33-34-35-37-39-41-43-45-47-49-51-53-55-57-64(69)75-62(61-74-66(65(70)71)72-59-58-67(3,4)5)60-73-63(68)56-54-52-50-48-46-44-42-40-38-36-27-25-23-21-19-17-15-13-11-9-7-2/h8,10,14,16,19-22,25-28,38,40,62,66H,6-7,9,11-13,15,17-18,23-24,29-37,39,41-61H2,1-5H3/p+1/b10-8-,16-14-,21-19-,22-20-,27-25-,28-26-,40-38-. The molecule has 0 heterocycles. The van der Waals surface area contributed by atoms with Crippen LogP contribution in [0.15, 0.2) is 85.1 Å². The van der Waals surface area contributed by atoms with E-state index in [1.165, 1.54) is 141 Å². The van der Waals surface area contributed by atoms with E-state index in [4.69, 9.17) is 18.9 Å². The first-order valence-electron chi connectivity index (χ1n) is 30.8. The minimum atomic E-state index is -1.52. The fourth-order valence-corrected chi connectivity index (χ4v) is 8.42. The number of esters is 2. The van der Waals surface area contributed by atoms with Gasteiger partial charge < -0.3 is 28.5 Å². The van der Waals surface area contributed by atoms with E-state index in [0.717, 1.165) is 89.9 Å². The highest BCUT2D eigenvalue weighted by atomic mass is 16.7. The third kappa shape index (κ3) is 58.0. The first-order valence-corrected chi connectivity index (χ1v) is 30.8. The molecule has 0 amide bonds. The van der Waals surface area contributed by atoms with Gasteiger partial charge in [0.15, 0.2) is 6.10 Å². The minimum Gasteiger partial charge on any atom is -0.477 e. The summed E-state index contributed by atoms with van der Waals surface area (Å²) in [5.41, 5.74) is 0. The Bertz CT molecular complexity index is 1500. The van der Waals surface area contributed by atoms with Gasteiger partial charge in [0, 0.05) is 12.8 Å². The van der Waals surface area contributed by atoms with Gasteiger partial charge in [0.1, 0.15) is 13.2 Å². The molecule has 432 valence electrons. The molecule has 0 aliphatic heterocycles. The molecule has 9 heteroatoms. The molecule has 0 spiro atoms. The third-order valence-electron chi connectivity index (χ3n) is 13.1. The molecule has 0 aromatic rings. The van der Waals surface area contributed by atoms with Gasteiger partial charge in [0.2, 0.25) is 0 Å². The summed E-state index contributed by atoms with van der Waals surface area (Å²) in [5.74, 6) is -2.02. The van der Waals surface area contributed by atoms with Crippen LogP contribution in [0.25, 0.3) is 0 Å². The molecule has 0 aromatic carbocycles. The normalized spacial score (nSPS) is 13.3. The molecule has 9 nitrogen and oxygen atoms in total. The fraction of sp³-hybridized carbons (Fsp3) is 0.742. The molecule has 0 bridgehead atoms. The second-order valence-electron chi connectivity index (χ2n) is 21.6. The van der Waals surface area contributed by atoms with Gasteiger partial charge in [-0.2, -0.15) is 0 Å². The summed E-state index contributed by atoms with van der Waals surface area (Å²) in [6, 6.07) is 0. The Balaban J connectivity index is 4.21. The lowest BCUT2D eigenvalue weighted by molar-refractivity contribution is -0.870. The van der Waals surface area contributed by atoms with Crippen LogP contribution in [0.5, 0.6) is 0 Å². The largest absolute Gasteiger partial charge is 0.477 e. The van der Waals surface area contributed by atoms with Crippen LogP contribution >= 0.6 is 0 Å². The molecule has 0 aliphatic rings. The lowest BCUT2D eigenvalue weighted by atomic mass is 10.0. The molecule has 0 saturated carbocycles. The second kappa shape index (κ2) is 56.7. The molecule has 2 atom stereocenters. The van der Waals surface area contributed by atoms with E-state index in [1.807, 2.05) is 21.1 Å². The van der Waals surface area contributed by atoms with Crippen LogP contribution < -0.4 is 0 Å². The van der Waals surface area contributed by atoms with Gasteiger partial charge in [-0.1, -0.05) is 240 Å². The average Bonchev–Trinajstić information content (AvgIpc) is 3.38. The van der Waals surface area contributed by atoms with Crippen molar-refractivity contribution in [2.24, 2.45) is 0 Å². The van der Waals surface area contributed by atoms with Crippen LogP contribution in [-0.2, 0) is 33.3 Å². The van der Waals surface area contributed by atoms with Gasteiger partial charge in [0.25, 0.3) is 6.29 Å². The Morgan fingerprint density at radius 3 is 1.13 bits per heavy atom. The Morgan fingerprint density at radius 2 is 0.760 bits per heavy atom. The number of carbonyl (C=O) groups is 3. The van der Waals surface area contributed by atoms with Gasteiger partial charge in [-0.25, -0.2) is 4.79 Å². The Hall–Kier alpha value is -3.53. The van der Waals surface area contributed by atoms with Gasteiger partial charge >= 0.3 is 17.9 Å². The Labute approximate surface area is 461 Å². The van der Waals surface area contributed by atoms with E-state index in [-0.39, 0.29) is 38.6 Å². The van der Waals surface area contributed by atoms with Gasteiger partial charge in [0.05, 0.1) is 34.4 Å². The predicted molar refractivity (Wildman–Crippen MR) is 318 cm³/mol. The number of allylic oxidation sites excluding steroid dienone is 14. The third-order valence-corrected chi connectivity index (χ3v) is 13.1. The highest BCUT2D eigenvalue weighted by Gasteiger charge is 2.25. The molecule has 0 aromatic heterocycles. The van der Waals surface area contributed by atoms with Crippen LogP contribution in [0, 0.1) is 0 Å². The topological polar surface area (TPSA) is 108 Å². The van der Waals surface area contributed by atoms with Crippen molar-refractivity contribution in [1.82, 2.24) is 0 Å². The van der Waals surface area contributed by atoms with Crippen molar-refractivity contribution in [2.45, 2.75) is 270 Å². The van der Waals surface area contributed by atoms with Crippen molar-refractivity contribution in [3.05, 3.63) is 85.1 Å². The number of ether oxygens (including phenoxy) is 4. The summed E-state index contributed by atoms with van der Waals surface area (Å²) < 4.78 is 22.9. The number of carboxylic acid groups (broad SMARTS) is 1. The fourth-order valence-electron chi connectivity index (χ4n) is 8.42. The number of quaternary nitrogens is 1. The van der Waals surface area contributed by atoms with Crippen LogP contribution in [0.1, 0.15) is 258 Å². The number of carbonyl (C=O) groups excluding carboxylic acids is 2. The summed E-state index contributed by atoms with van der Waals surface area (Å²) in [5, 5.41) is 9.72. The lowest BCUT2D eigenvalue weighted by Gasteiger charge is -2.25. The highest BCUT2D eigenvalue weighted by molar-refractivity contribution is 5.71. The van der Waals surface area contributed by atoms with Crippen molar-refractivity contribution in [3.63, 3.8) is 0 Å². The smallest absolute Gasteiger partial charge is 0.361 e. The molecule has 0 radical (unpaired) electrons. The molecular formula is C66H116NO8+. The number of nitrogens with zero attached hydrogens (tertiary/aromatic N) is 1. The number of aliphatic carboxylic acids is 1. The Kier molecular flexibility index (Phi) is 54.0. The summed E-state index contributed by atoms with van der Waals surface area (Å²) in [4.78, 5) is 37.5. The maximum Gasteiger partial charge on any atom is 0.361 e. The molecule has 0 fully saturated rings. The van der Waals surface area contributed by atoms with E-state index in [0.29, 0.717) is 11.0 Å². The molecular weight excluding hydrogens is 935 g/mol. The van der Waals surface area contributed by atoms with E-state index >= 15 is 0 Å². The van der Waals surface area contributed by atoms with Gasteiger partial charge in [-0.05, 0) is 89.9 Å². The second-order valence-corrected chi connectivity index (χ2v) is 21.6. The number of likely N-dealkylation sites (N-methyl/N-ethyl adjacent to an activating group) is 1. The maximum atomic E-state index is 12.9. The first kappa shape index (κ1) is 71.5. The summed E-state index contributed by atoms with van der Waals surface area (Å²) in [6.07, 6.45) is 72.4. The van der Waals surface area contributed by atoms with Crippen LogP contribution in [0.3, 0.4) is 0 Å². The quantitative estimate of drug-likeness (QED) is 0.0211. The van der Waals surface area contributed by atoms with Crippen molar-refractivity contribution in [3.8, 4) is 0 Å². The molecule has 2 unspecified atom stereocenters. The molecule has 1 N–H and O–H groups in total. The first-order chi connectivity index (χ1) is 36.6. The SMILES string of the molecule is CC/C=C\C/C=C\C/C=C\C/C=C\CCCCCCCCCCCCCCCCCCC(=O)OC(COC(=O)CCCCCCCC/C=C\C/C=C\C/C=C\CCCCCCC)COC(OCC[N+](C)(C)C)C(=O)O. The lowest BCUT2D eigenvalue weighted by Crippen LogP contribution is -2.40. The van der Waals surface area contributed by atoms with Crippen LogP contribution in [0.2, 0.25) is 0 Å². The molecule has 0 saturated heterocycles. The number of hydrogen-bond donors (Lipinski definition) is 1. The van der Waals surface area contributed by atoms with Crippen molar-refractivity contribution >= 4 is 17.9 Å². The summed E-state index contributed by atoms with van der Waals surface area (Å²) >= 11 is 0. The zero-order valence-electron chi connectivity index (χ0n) is 49.2. The van der Waals surface area contributed by atoms with Crippen LogP contribution in [-0.4, -0.2) is 87.4 Å². The van der Waals surface area contributed by atoms with E-state index in [1.54, 1.807) is 0 Å². The number of rotatable bonds is 56. The van der Waals surface area contributed by atoms with Crippen molar-refractivity contribution < 1.29 is 42.9 Å². The summed E-state index contributed by atoms with van der Waals surface area (Å²) in [6.45, 7) is 4.75. The zero-order chi connectivity index (χ0) is 54.8. The molecule has 0 aliphatic carbocycles. The van der Waals surface area contributed by atoms with E-state index < -0.39 is 24.3 Å². The maximum absolute atomic E-state index is 12.9. The number of hydrogen-bond acceptors (Lipinski definition) is 7. The predicted octanol–water partition coefficient (Wildman–Crippen LogP) is 18.3. The monoisotopic (exact) mass is 1050 g/mol.